The number of likely N-dealkylation sites (N-methyl/N-ethyl adjacent to an activating group) is 1. The molecule has 0 fully saturated rings. The van der Waals surface area contributed by atoms with E-state index in [9.17, 15) is 23.1 Å². The van der Waals surface area contributed by atoms with E-state index in [1.165, 1.54) is 30.1 Å². The van der Waals surface area contributed by atoms with Crippen molar-refractivity contribution >= 4 is 6.03 Å². The number of carbonyl (C=O) groups excluding carboxylic acids is 1. The predicted octanol–water partition coefficient (Wildman–Crippen LogP) is 2.15. The normalized spacial score (nSPS) is 12.6. The summed E-state index contributed by atoms with van der Waals surface area (Å²) in [6, 6.07) is 5.37. The van der Waals surface area contributed by atoms with Crippen LogP contribution >= 0.6 is 0 Å². The number of carbonyl (C=O) groups is 1. The van der Waals surface area contributed by atoms with Crippen molar-refractivity contribution in [2.24, 2.45) is 0 Å². The van der Waals surface area contributed by atoms with Gasteiger partial charge in [-0.3, -0.25) is 0 Å². The monoisotopic (exact) mass is 320 g/mol. The lowest BCUT2D eigenvalue weighted by atomic mass is 10.1. The molecule has 1 aromatic rings. The Bertz CT molecular complexity index is 492. The van der Waals surface area contributed by atoms with Crippen molar-refractivity contribution in [1.29, 1.82) is 0 Å². The molecular weight excluding hydrogens is 301 g/mol. The summed E-state index contributed by atoms with van der Waals surface area (Å²) in [5, 5.41) is 11.7. The smallest absolute Gasteiger partial charge is 0.406 e. The third-order valence-corrected chi connectivity index (χ3v) is 2.75. The second-order valence-corrected chi connectivity index (χ2v) is 4.87. The number of hydrogen-bond donors (Lipinski definition) is 2. The molecule has 0 aliphatic heterocycles. The van der Waals surface area contributed by atoms with Gasteiger partial charge in [-0.1, -0.05) is 18.2 Å². The van der Waals surface area contributed by atoms with Crippen LogP contribution in [0, 0.1) is 0 Å². The van der Waals surface area contributed by atoms with Gasteiger partial charge in [0.1, 0.15) is 5.75 Å². The fourth-order valence-electron chi connectivity index (χ4n) is 1.85. The summed E-state index contributed by atoms with van der Waals surface area (Å²) in [5.74, 6) is -0.276. The third kappa shape index (κ3) is 6.66. The van der Waals surface area contributed by atoms with Gasteiger partial charge < -0.3 is 20.1 Å². The molecule has 2 N–H and O–H groups in total. The molecular formula is C14H19F3N2O3. The Balaban J connectivity index is 2.53. The number of benzene rings is 1. The maximum Gasteiger partial charge on any atom is 0.573 e. The number of halogens is 3. The highest BCUT2D eigenvalue weighted by Crippen LogP contribution is 2.26. The summed E-state index contributed by atoms with van der Waals surface area (Å²) < 4.78 is 40.8. The van der Waals surface area contributed by atoms with Gasteiger partial charge in [0.2, 0.25) is 0 Å². The van der Waals surface area contributed by atoms with E-state index in [-0.39, 0.29) is 25.3 Å². The Morgan fingerprint density at radius 3 is 2.64 bits per heavy atom. The van der Waals surface area contributed by atoms with Crippen LogP contribution in [0.25, 0.3) is 0 Å². The van der Waals surface area contributed by atoms with E-state index in [4.69, 9.17) is 0 Å². The first kappa shape index (κ1) is 18.1. The van der Waals surface area contributed by atoms with E-state index in [1.54, 1.807) is 13.0 Å². The molecule has 0 aliphatic carbocycles. The number of hydrogen-bond acceptors (Lipinski definition) is 3. The molecule has 0 aliphatic rings. The highest BCUT2D eigenvalue weighted by atomic mass is 19.4. The van der Waals surface area contributed by atoms with E-state index in [1.807, 2.05) is 0 Å². The van der Waals surface area contributed by atoms with Crippen LogP contribution in [0.1, 0.15) is 12.5 Å². The van der Waals surface area contributed by atoms with Gasteiger partial charge in [0.15, 0.2) is 0 Å². The Hall–Kier alpha value is -1.96. The molecule has 1 unspecified atom stereocenters. The van der Waals surface area contributed by atoms with Crippen LogP contribution in [0.2, 0.25) is 0 Å². The van der Waals surface area contributed by atoms with Crippen molar-refractivity contribution in [3.05, 3.63) is 29.8 Å². The summed E-state index contributed by atoms with van der Waals surface area (Å²) >= 11 is 0. The van der Waals surface area contributed by atoms with Gasteiger partial charge in [0.25, 0.3) is 0 Å². The van der Waals surface area contributed by atoms with E-state index in [2.05, 4.69) is 10.1 Å². The van der Waals surface area contributed by atoms with Crippen LogP contribution in [0.5, 0.6) is 5.75 Å². The molecule has 1 atom stereocenters. The van der Waals surface area contributed by atoms with Crippen molar-refractivity contribution in [2.75, 3.05) is 20.1 Å². The average Bonchev–Trinajstić information content (AvgIpc) is 2.38. The minimum atomic E-state index is -4.75. The summed E-state index contributed by atoms with van der Waals surface area (Å²) in [6.45, 7) is 1.87. The molecule has 5 nitrogen and oxygen atoms in total. The first-order valence-corrected chi connectivity index (χ1v) is 6.69. The molecule has 0 saturated carbocycles. The zero-order chi connectivity index (χ0) is 16.8. The Morgan fingerprint density at radius 1 is 1.41 bits per heavy atom. The number of para-hydroxylation sites is 1. The Labute approximate surface area is 126 Å². The average molecular weight is 320 g/mol. The zero-order valence-corrected chi connectivity index (χ0v) is 12.4. The van der Waals surface area contributed by atoms with Gasteiger partial charge in [-0.15, -0.1) is 13.2 Å². The maximum atomic E-state index is 12.3. The van der Waals surface area contributed by atoms with Crippen molar-refractivity contribution in [3.63, 3.8) is 0 Å². The molecule has 1 aromatic carbocycles. The fraction of sp³-hybridized carbons (Fsp3) is 0.500. The van der Waals surface area contributed by atoms with Gasteiger partial charge >= 0.3 is 12.4 Å². The maximum absolute atomic E-state index is 12.3. The molecule has 0 aromatic heterocycles. The quantitative estimate of drug-likeness (QED) is 0.844. The number of rotatable bonds is 6. The molecule has 22 heavy (non-hydrogen) atoms. The molecule has 0 saturated heterocycles. The number of nitrogens with one attached hydrogen (secondary N) is 1. The number of ether oxygens (including phenoxy) is 1. The zero-order valence-electron chi connectivity index (χ0n) is 12.4. The van der Waals surface area contributed by atoms with Crippen LogP contribution in [0.3, 0.4) is 0 Å². The molecule has 1 rings (SSSR count). The number of aliphatic hydroxyl groups is 1. The molecule has 0 heterocycles. The summed E-state index contributed by atoms with van der Waals surface area (Å²) in [5.41, 5.74) is 0.346. The van der Waals surface area contributed by atoms with Crippen molar-refractivity contribution in [1.82, 2.24) is 10.2 Å². The number of aliphatic hydroxyl groups excluding tert-OH is 1. The van der Waals surface area contributed by atoms with Crippen molar-refractivity contribution in [3.8, 4) is 5.75 Å². The minimum Gasteiger partial charge on any atom is -0.406 e. The lowest BCUT2D eigenvalue weighted by Crippen LogP contribution is -2.41. The van der Waals surface area contributed by atoms with Crippen LogP contribution < -0.4 is 10.1 Å². The fourth-order valence-corrected chi connectivity index (χ4v) is 1.85. The summed E-state index contributed by atoms with van der Waals surface area (Å²) in [7, 11) is 1.52. The third-order valence-electron chi connectivity index (χ3n) is 2.75. The van der Waals surface area contributed by atoms with E-state index >= 15 is 0 Å². The largest absolute Gasteiger partial charge is 0.573 e. The van der Waals surface area contributed by atoms with E-state index in [0.717, 1.165) is 0 Å². The van der Waals surface area contributed by atoms with Gasteiger partial charge in [-0.2, -0.15) is 0 Å². The van der Waals surface area contributed by atoms with Crippen molar-refractivity contribution < 1.29 is 27.8 Å². The van der Waals surface area contributed by atoms with Gasteiger partial charge in [0, 0.05) is 20.1 Å². The van der Waals surface area contributed by atoms with Gasteiger partial charge in [-0.25, -0.2) is 4.79 Å². The predicted molar refractivity (Wildman–Crippen MR) is 74.5 cm³/mol. The van der Waals surface area contributed by atoms with Gasteiger partial charge in [0.05, 0.1) is 6.10 Å². The van der Waals surface area contributed by atoms with Crippen LogP contribution in [0.4, 0.5) is 18.0 Å². The van der Waals surface area contributed by atoms with Crippen molar-refractivity contribution in [2.45, 2.75) is 25.8 Å². The molecule has 124 valence electrons. The topological polar surface area (TPSA) is 61.8 Å². The molecule has 2 amide bonds. The second-order valence-electron chi connectivity index (χ2n) is 4.87. The molecule has 0 spiro atoms. The number of nitrogens with zero attached hydrogens (tertiary/aromatic N) is 1. The van der Waals surface area contributed by atoms with E-state index in [0.29, 0.717) is 5.56 Å². The van der Waals surface area contributed by atoms with E-state index < -0.39 is 18.5 Å². The lowest BCUT2D eigenvalue weighted by molar-refractivity contribution is -0.274. The number of amides is 2. The first-order chi connectivity index (χ1) is 10.2. The number of urea groups is 1. The molecule has 0 bridgehead atoms. The minimum absolute atomic E-state index is 0.154. The highest BCUT2D eigenvalue weighted by Gasteiger charge is 2.31. The highest BCUT2D eigenvalue weighted by molar-refractivity contribution is 5.73. The lowest BCUT2D eigenvalue weighted by Gasteiger charge is -2.19. The summed E-state index contributed by atoms with van der Waals surface area (Å²) in [6.07, 6.45) is -5.21. The van der Waals surface area contributed by atoms with Gasteiger partial charge in [-0.05, 0) is 25.0 Å². The SMILES string of the molecule is CC(O)CN(C)C(=O)NCCc1ccccc1OC(F)(F)F. The van der Waals surface area contributed by atoms with Crippen LogP contribution in [0.15, 0.2) is 24.3 Å². The Kier molecular flexibility index (Phi) is 6.48. The first-order valence-electron chi connectivity index (χ1n) is 6.69. The van der Waals surface area contributed by atoms with Crippen LogP contribution in [-0.4, -0.2) is 48.6 Å². The summed E-state index contributed by atoms with van der Waals surface area (Å²) in [4.78, 5) is 13.0. The second kappa shape index (κ2) is 7.88. The van der Waals surface area contributed by atoms with Crippen LogP contribution in [-0.2, 0) is 6.42 Å². The number of alkyl halides is 3. The molecule has 0 radical (unpaired) electrons. The Morgan fingerprint density at radius 2 is 2.05 bits per heavy atom. The standard InChI is InChI=1S/C14H19F3N2O3/c1-10(20)9-19(2)13(21)18-8-7-11-5-3-4-6-12(11)22-14(15,16)17/h3-6,10,20H,7-9H2,1-2H3,(H,18,21). The molecule has 8 heteroatoms.